The van der Waals surface area contributed by atoms with Crippen LogP contribution in [0.5, 0.6) is 0 Å². The van der Waals surface area contributed by atoms with Crippen molar-refractivity contribution in [1.82, 2.24) is 25.2 Å². The Morgan fingerprint density at radius 3 is 2.95 bits per heavy atom. The average Bonchev–Trinajstić information content (AvgIpc) is 3.22. The van der Waals surface area contributed by atoms with Crippen LogP contribution in [0, 0.1) is 5.92 Å². The Kier molecular flexibility index (Phi) is 3.89. The lowest BCUT2D eigenvalue weighted by Crippen LogP contribution is -2.20. The quantitative estimate of drug-likeness (QED) is 0.824. The maximum absolute atomic E-state index is 11.0. The maximum Gasteiger partial charge on any atom is 0.305 e. The van der Waals surface area contributed by atoms with Gasteiger partial charge in [0.15, 0.2) is 5.82 Å². The van der Waals surface area contributed by atoms with Gasteiger partial charge in [-0.3, -0.25) is 9.78 Å². The second kappa shape index (κ2) is 5.99. The number of carboxylic acid groups (broad SMARTS) is 1. The van der Waals surface area contributed by atoms with Gasteiger partial charge in [0.1, 0.15) is 0 Å². The molecular weight excluding hydrogens is 270 g/mol. The molecule has 0 bridgehead atoms. The Labute approximate surface area is 122 Å². The minimum atomic E-state index is -0.805. The van der Waals surface area contributed by atoms with Crippen LogP contribution in [0.1, 0.15) is 36.7 Å². The minimum Gasteiger partial charge on any atom is -0.481 e. The molecule has 2 heterocycles. The number of hydrogen-bond acceptors (Lipinski definition) is 5. The number of pyridine rings is 1. The van der Waals surface area contributed by atoms with Gasteiger partial charge in [-0.1, -0.05) is 6.07 Å². The van der Waals surface area contributed by atoms with Crippen molar-refractivity contribution >= 4 is 5.97 Å². The SMILES string of the molecule is O=C(O)CC(C1CC1)n1nnnc1CCc1cccnc1. The number of carboxylic acids is 1. The Bertz CT molecular complexity index is 609. The lowest BCUT2D eigenvalue weighted by molar-refractivity contribution is -0.138. The molecule has 1 fully saturated rings. The summed E-state index contributed by atoms with van der Waals surface area (Å²) in [5, 5.41) is 20.9. The van der Waals surface area contributed by atoms with Crippen LogP contribution in [0.3, 0.4) is 0 Å². The maximum atomic E-state index is 11.0. The van der Waals surface area contributed by atoms with Crippen LogP contribution in [-0.4, -0.2) is 36.3 Å². The molecule has 21 heavy (non-hydrogen) atoms. The van der Waals surface area contributed by atoms with Gasteiger partial charge in [0, 0.05) is 18.8 Å². The first kappa shape index (κ1) is 13.7. The van der Waals surface area contributed by atoms with Gasteiger partial charge in [0.05, 0.1) is 12.5 Å². The van der Waals surface area contributed by atoms with E-state index >= 15 is 0 Å². The fourth-order valence-electron chi connectivity index (χ4n) is 2.55. The molecule has 0 radical (unpaired) electrons. The second-order valence-corrected chi connectivity index (χ2v) is 5.40. The number of aliphatic carboxylic acids is 1. The summed E-state index contributed by atoms with van der Waals surface area (Å²) in [7, 11) is 0. The lowest BCUT2D eigenvalue weighted by atomic mass is 10.1. The zero-order chi connectivity index (χ0) is 14.7. The first-order valence-electron chi connectivity index (χ1n) is 7.11. The highest BCUT2D eigenvalue weighted by molar-refractivity contribution is 5.67. The molecule has 1 atom stereocenters. The minimum absolute atomic E-state index is 0.0790. The highest BCUT2D eigenvalue weighted by atomic mass is 16.4. The molecule has 3 rings (SSSR count). The van der Waals surface area contributed by atoms with E-state index in [-0.39, 0.29) is 12.5 Å². The number of aryl methyl sites for hydroxylation is 2. The molecule has 110 valence electrons. The van der Waals surface area contributed by atoms with E-state index in [0.29, 0.717) is 12.3 Å². The molecular formula is C14H17N5O2. The van der Waals surface area contributed by atoms with E-state index in [4.69, 9.17) is 5.11 Å². The van der Waals surface area contributed by atoms with E-state index in [2.05, 4.69) is 20.5 Å². The molecule has 0 aromatic carbocycles. The van der Waals surface area contributed by atoms with Crippen LogP contribution in [0.2, 0.25) is 0 Å². The molecule has 7 heteroatoms. The van der Waals surface area contributed by atoms with Crippen LogP contribution in [0.4, 0.5) is 0 Å². The van der Waals surface area contributed by atoms with Crippen molar-refractivity contribution in [3.63, 3.8) is 0 Å². The number of nitrogens with zero attached hydrogens (tertiary/aromatic N) is 5. The van der Waals surface area contributed by atoms with Crippen molar-refractivity contribution in [2.24, 2.45) is 5.92 Å². The van der Waals surface area contributed by atoms with E-state index < -0.39 is 5.97 Å². The third kappa shape index (κ3) is 3.42. The smallest absolute Gasteiger partial charge is 0.305 e. The highest BCUT2D eigenvalue weighted by Crippen LogP contribution is 2.41. The molecule has 1 saturated carbocycles. The van der Waals surface area contributed by atoms with E-state index in [0.717, 1.165) is 30.7 Å². The first-order chi connectivity index (χ1) is 10.2. The predicted octanol–water partition coefficient (Wildman–Crippen LogP) is 1.28. The number of aromatic nitrogens is 5. The van der Waals surface area contributed by atoms with Gasteiger partial charge >= 0.3 is 5.97 Å². The van der Waals surface area contributed by atoms with E-state index in [1.54, 1.807) is 10.9 Å². The summed E-state index contributed by atoms with van der Waals surface area (Å²) >= 11 is 0. The number of carbonyl (C=O) groups is 1. The summed E-state index contributed by atoms with van der Waals surface area (Å²) in [4.78, 5) is 15.1. The molecule has 2 aromatic rings. The van der Waals surface area contributed by atoms with Crippen molar-refractivity contribution in [3.8, 4) is 0 Å². The van der Waals surface area contributed by atoms with Crippen molar-refractivity contribution in [2.45, 2.75) is 38.1 Å². The van der Waals surface area contributed by atoms with Gasteiger partial charge in [-0.15, -0.1) is 5.10 Å². The Hall–Kier alpha value is -2.31. The molecule has 2 aromatic heterocycles. The van der Waals surface area contributed by atoms with Crippen molar-refractivity contribution < 1.29 is 9.90 Å². The van der Waals surface area contributed by atoms with Crippen LogP contribution in [0.25, 0.3) is 0 Å². The van der Waals surface area contributed by atoms with Crippen LogP contribution in [0.15, 0.2) is 24.5 Å². The Morgan fingerprint density at radius 2 is 2.29 bits per heavy atom. The normalized spacial score (nSPS) is 15.8. The van der Waals surface area contributed by atoms with Gasteiger partial charge in [0.2, 0.25) is 0 Å². The summed E-state index contributed by atoms with van der Waals surface area (Å²) in [5.74, 6) is 0.333. The molecule has 0 saturated heterocycles. The number of hydrogen-bond donors (Lipinski definition) is 1. The van der Waals surface area contributed by atoms with E-state index in [1.165, 1.54) is 0 Å². The summed E-state index contributed by atoms with van der Waals surface area (Å²) in [6.45, 7) is 0. The summed E-state index contributed by atoms with van der Waals surface area (Å²) in [6, 6.07) is 3.79. The molecule has 7 nitrogen and oxygen atoms in total. The molecule has 1 aliphatic carbocycles. The predicted molar refractivity (Wildman–Crippen MR) is 73.5 cm³/mol. The fraction of sp³-hybridized carbons (Fsp3) is 0.500. The van der Waals surface area contributed by atoms with Crippen molar-refractivity contribution in [3.05, 3.63) is 35.9 Å². The molecule has 0 aliphatic heterocycles. The summed E-state index contributed by atoms with van der Waals surface area (Å²) < 4.78 is 1.71. The van der Waals surface area contributed by atoms with Gasteiger partial charge in [-0.05, 0) is 47.2 Å². The van der Waals surface area contributed by atoms with Crippen LogP contribution < -0.4 is 0 Å². The lowest BCUT2D eigenvalue weighted by Gasteiger charge is -2.15. The molecule has 1 unspecified atom stereocenters. The standard InChI is InChI=1S/C14H17N5O2/c20-14(21)8-12(11-4-5-11)19-13(16-17-18-19)6-3-10-2-1-7-15-9-10/h1-2,7,9,11-12H,3-6,8H2,(H,20,21). The largest absolute Gasteiger partial charge is 0.481 e. The fourth-order valence-corrected chi connectivity index (χ4v) is 2.55. The summed E-state index contributed by atoms with van der Waals surface area (Å²) in [5.41, 5.74) is 1.12. The monoisotopic (exact) mass is 287 g/mol. The van der Waals surface area contributed by atoms with Gasteiger partial charge < -0.3 is 5.11 Å². The average molecular weight is 287 g/mol. The topological polar surface area (TPSA) is 93.8 Å². The van der Waals surface area contributed by atoms with Crippen LogP contribution in [-0.2, 0) is 17.6 Å². The van der Waals surface area contributed by atoms with E-state index in [9.17, 15) is 4.79 Å². The van der Waals surface area contributed by atoms with Gasteiger partial charge in [-0.25, -0.2) is 4.68 Å². The zero-order valence-corrected chi connectivity index (χ0v) is 11.6. The highest BCUT2D eigenvalue weighted by Gasteiger charge is 2.36. The van der Waals surface area contributed by atoms with Crippen molar-refractivity contribution in [2.75, 3.05) is 0 Å². The number of tetrazole rings is 1. The molecule has 0 amide bonds. The van der Waals surface area contributed by atoms with Gasteiger partial charge in [0.25, 0.3) is 0 Å². The molecule has 1 aliphatic rings. The zero-order valence-electron chi connectivity index (χ0n) is 11.6. The molecule has 1 N–H and O–H groups in total. The third-order valence-electron chi connectivity index (χ3n) is 3.79. The number of rotatable bonds is 7. The Morgan fingerprint density at radius 1 is 1.43 bits per heavy atom. The molecule has 0 spiro atoms. The van der Waals surface area contributed by atoms with E-state index in [1.807, 2.05) is 18.3 Å². The Balaban J connectivity index is 1.72. The first-order valence-corrected chi connectivity index (χ1v) is 7.11. The van der Waals surface area contributed by atoms with Crippen molar-refractivity contribution in [1.29, 1.82) is 0 Å². The summed E-state index contributed by atoms with van der Waals surface area (Å²) in [6.07, 6.45) is 7.23. The second-order valence-electron chi connectivity index (χ2n) is 5.40. The van der Waals surface area contributed by atoms with Crippen LogP contribution >= 0.6 is 0 Å². The van der Waals surface area contributed by atoms with Gasteiger partial charge in [-0.2, -0.15) is 0 Å². The third-order valence-corrected chi connectivity index (χ3v) is 3.79.